The molecule has 2 aliphatic rings. The van der Waals surface area contributed by atoms with Crippen molar-refractivity contribution >= 4 is 24.5 Å². The second-order valence-electron chi connectivity index (χ2n) is 12.7. The van der Waals surface area contributed by atoms with Gasteiger partial charge in [-0.05, 0) is 92.7 Å². The number of nitrogens with zero attached hydrogens (tertiary/aromatic N) is 3. The Bertz CT molecular complexity index is 1450. The van der Waals surface area contributed by atoms with E-state index in [0.29, 0.717) is 31.0 Å². The van der Waals surface area contributed by atoms with Crippen LogP contribution in [0.15, 0.2) is 72.8 Å². The molecule has 242 valence electrons. The van der Waals surface area contributed by atoms with Crippen LogP contribution in [0.2, 0.25) is 0 Å². The predicted octanol–water partition coefficient (Wildman–Crippen LogP) is 8.07. The number of hydrogen-bond acceptors (Lipinski definition) is 3. The first-order valence-electron chi connectivity index (χ1n) is 15.4. The minimum atomic E-state index is -1.02. The van der Waals surface area contributed by atoms with E-state index in [-0.39, 0.29) is 24.3 Å². The van der Waals surface area contributed by atoms with E-state index in [1.54, 1.807) is 4.90 Å². The van der Waals surface area contributed by atoms with Crippen LogP contribution in [0.25, 0.3) is 0 Å². The van der Waals surface area contributed by atoms with Crippen molar-refractivity contribution in [2.75, 3.05) is 32.7 Å². The number of amides is 4. The van der Waals surface area contributed by atoms with Crippen molar-refractivity contribution in [1.82, 2.24) is 20.0 Å². The first-order valence-corrected chi connectivity index (χ1v) is 15.4. The molecule has 2 aliphatic heterocycles. The summed E-state index contributed by atoms with van der Waals surface area (Å²) in [6, 6.07) is 17.8. The van der Waals surface area contributed by atoms with Crippen molar-refractivity contribution < 1.29 is 22.8 Å². The first kappa shape index (κ1) is 34.3. The van der Waals surface area contributed by atoms with Gasteiger partial charge in [0.2, 0.25) is 0 Å². The molecule has 3 aromatic rings. The van der Waals surface area contributed by atoms with Crippen molar-refractivity contribution in [3.63, 3.8) is 0 Å². The number of likely N-dealkylation sites (tertiary alicyclic amines) is 1. The molecule has 45 heavy (non-hydrogen) atoms. The van der Waals surface area contributed by atoms with E-state index in [0.717, 1.165) is 50.2 Å². The van der Waals surface area contributed by atoms with Gasteiger partial charge in [-0.15, -0.1) is 12.4 Å². The molecule has 6 nitrogen and oxygen atoms in total. The van der Waals surface area contributed by atoms with E-state index in [4.69, 9.17) is 0 Å². The molecular weight excluding hydrogens is 601 g/mol. The molecule has 5 rings (SSSR count). The van der Waals surface area contributed by atoms with Crippen molar-refractivity contribution in [1.29, 1.82) is 0 Å². The lowest BCUT2D eigenvalue weighted by Crippen LogP contribution is -2.62. The maximum absolute atomic E-state index is 14.4. The van der Waals surface area contributed by atoms with E-state index in [2.05, 4.69) is 10.2 Å². The fourth-order valence-corrected chi connectivity index (χ4v) is 6.70. The zero-order valence-electron chi connectivity index (χ0n) is 26.0. The van der Waals surface area contributed by atoms with Gasteiger partial charge in [0.25, 0.3) is 0 Å². The van der Waals surface area contributed by atoms with Crippen molar-refractivity contribution in [2.45, 2.75) is 58.0 Å². The molecule has 2 saturated heterocycles. The average Bonchev–Trinajstić information content (AvgIpc) is 3.02. The van der Waals surface area contributed by atoms with Crippen LogP contribution in [0.5, 0.6) is 0 Å². The summed E-state index contributed by atoms with van der Waals surface area (Å²) in [6.45, 7) is 9.11. The minimum absolute atomic E-state index is 0. The zero-order valence-corrected chi connectivity index (χ0v) is 26.8. The maximum Gasteiger partial charge on any atom is 0.329 e. The molecule has 1 N–H and O–H groups in total. The topological polar surface area (TPSA) is 55.9 Å². The maximum atomic E-state index is 14.4. The van der Waals surface area contributed by atoms with Gasteiger partial charge in [-0.1, -0.05) is 62.4 Å². The van der Waals surface area contributed by atoms with Gasteiger partial charge in [-0.2, -0.15) is 0 Å². The third-order valence-corrected chi connectivity index (χ3v) is 9.11. The largest absolute Gasteiger partial charge is 0.338 e. The van der Waals surface area contributed by atoms with E-state index >= 15 is 0 Å². The van der Waals surface area contributed by atoms with Crippen LogP contribution in [0.1, 0.15) is 74.7 Å². The third kappa shape index (κ3) is 7.82. The SMILES string of the molecule is C[C@H](c1ccccc1)N1CC(C)(C)C(c2ccc(F)c(F)c2)N(C(=O)NCCCN2CCC(c3ccc(F)cc3)CC2)C1=O.Cl. The van der Waals surface area contributed by atoms with Crippen molar-refractivity contribution in [3.05, 3.63) is 107 Å². The molecule has 0 saturated carbocycles. The van der Waals surface area contributed by atoms with Crippen LogP contribution in [-0.2, 0) is 0 Å². The van der Waals surface area contributed by atoms with Crippen LogP contribution in [0, 0.1) is 22.9 Å². The zero-order chi connectivity index (χ0) is 31.4. The number of halogens is 4. The average molecular weight is 643 g/mol. The molecule has 3 aromatic carbocycles. The molecular formula is C35H42ClF3N4O2. The van der Waals surface area contributed by atoms with Crippen LogP contribution in [0.3, 0.4) is 0 Å². The van der Waals surface area contributed by atoms with Crippen LogP contribution < -0.4 is 5.32 Å². The number of hydrogen-bond donors (Lipinski definition) is 1. The molecule has 0 aliphatic carbocycles. The van der Waals surface area contributed by atoms with Crippen LogP contribution in [0.4, 0.5) is 22.8 Å². The lowest BCUT2D eigenvalue weighted by Gasteiger charge is -2.51. The number of benzene rings is 3. The van der Waals surface area contributed by atoms with E-state index in [1.807, 2.05) is 63.2 Å². The summed E-state index contributed by atoms with van der Waals surface area (Å²) in [4.78, 5) is 33.0. The van der Waals surface area contributed by atoms with E-state index in [9.17, 15) is 22.8 Å². The predicted molar refractivity (Wildman–Crippen MR) is 172 cm³/mol. The van der Waals surface area contributed by atoms with Gasteiger partial charge in [0, 0.05) is 18.5 Å². The summed E-state index contributed by atoms with van der Waals surface area (Å²) in [5, 5.41) is 2.93. The highest BCUT2D eigenvalue weighted by Crippen LogP contribution is 2.45. The molecule has 0 spiro atoms. The highest BCUT2D eigenvalue weighted by molar-refractivity contribution is 5.95. The second-order valence-corrected chi connectivity index (χ2v) is 12.7. The standard InChI is InChI=1S/C35H41F3N4O2.ClH/c1-24(25-8-5-4-6-9-25)41-23-35(2,3)32(28-12-15-30(37)31(38)22-28)42(34(41)44)33(43)39-18-7-19-40-20-16-27(17-21-40)26-10-13-29(36)14-11-26;/h4-6,8-15,22,24,27,32H,7,16-21,23H2,1-3H3,(H,39,43);1H/t24-,32?;/m1./s1. The normalized spacial score (nSPS) is 19.6. The number of carbonyl (C=O) groups excluding carboxylic acids is 2. The minimum Gasteiger partial charge on any atom is -0.338 e. The number of imide groups is 1. The molecule has 2 heterocycles. The van der Waals surface area contributed by atoms with Crippen molar-refractivity contribution in [2.24, 2.45) is 5.41 Å². The summed E-state index contributed by atoms with van der Waals surface area (Å²) in [5.41, 5.74) is 1.80. The lowest BCUT2D eigenvalue weighted by molar-refractivity contribution is 0.0233. The van der Waals surface area contributed by atoms with Crippen LogP contribution >= 0.6 is 12.4 Å². The Kier molecular flexibility index (Phi) is 11.2. The van der Waals surface area contributed by atoms with E-state index in [1.165, 1.54) is 28.7 Å². The van der Waals surface area contributed by atoms with Crippen LogP contribution in [-0.4, -0.2) is 59.5 Å². The van der Waals surface area contributed by atoms with Gasteiger partial charge in [-0.3, -0.25) is 0 Å². The summed E-state index contributed by atoms with van der Waals surface area (Å²) >= 11 is 0. The lowest BCUT2D eigenvalue weighted by atomic mass is 9.77. The quantitative estimate of drug-likeness (QED) is 0.253. The second kappa shape index (κ2) is 14.7. The molecule has 1 unspecified atom stereocenters. The van der Waals surface area contributed by atoms with Gasteiger partial charge in [-0.25, -0.2) is 27.7 Å². The Balaban J connectivity index is 0.00000461. The first-order chi connectivity index (χ1) is 21.0. The van der Waals surface area contributed by atoms with Gasteiger partial charge in [0.05, 0.1) is 12.1 Å². The summed E-state index contributed by atoms with van der Waals surface area (Å²) < 4.78 is 41.6. The van der Waals surface area contributed by atoms with Gasteiger partial charge in [0.15, 0.2) is 11.6 Å². The number of nitrogens with one attached hydrogen (secondary N) is 1. The molecule has 2 fully saturated rings. The summed E-state index contributed by atoms with van der Waals surface area (Å²) in [5.74, 6) is -1.81. The monoisotopic (exact) mass is 642 g/mol. The Labute approximate surface area is 270 Å². The smallest absolute Gasteiger partial charge is 0.329 e. The number of urea groups is 2. The molecule has 0 radical (unpaired) electrons. The fourth-order valence-electron chi connectivity index (χ4n) is 6.70. The van der Waals surface area contributed by atoms with E-state index < -0.39 is 35.2 Å². The molecule has 10 heteroatoms. The van der Waals surface area contributed by atoms with Gasteiger partial charge < -0.3 is 15.1 Å². The molecule has 0 aromatic heterocycles. The Morgan fingerprint density at radius 2 is 1.58 bits per heavy atom. The molecule has 0 bridgehead atoms. The number of carbonyl (C=O) groups is 2. The number of rotatable bonds is 8. The molecule has 2 atom stereocenters. The fraction of sp³-hybridized carbons (Fsp3) is 0.429. The molecule has 4 amide bonds. The summed E-state index contributed by atoms with van der Waals surface area (Å²) in [6.07, 6.45) is 2.67. The third-order valence-electron chi connectivity index (χ3n) is 9.11. The van der Waals surface area contributed by atoms with Crippen molar-refractivity contribution in [3.8, 4) is 0 Å². The van der Waals surface area contributed by atoms with Gasteiger partial charge >= 0.3 is 12.1 Å². The Hall–Kier alpha value is -3.56. The van der Waals surface area contributed by atoms with Gasteiger partial charge in [0.1, 0.15) is 5.82 Å². The Morgan fingerprint density at radius 1 is 0.933 bits per heavy atom. The number of piperidine rings is 1. The Morgan fingerprint density at radius 3 is 2.22 bits per heavy atom. The highest BCUT2D eigenvalue weighted by atomic mass is 35.5. The summed E-state index contributed by atoms with van der Waals surface area (Å²) in [7, 11) is 0. The highest BCUT2D eigenvalue weighted by Gasteiger charge is 2.50.